The number of fused-ring (bicyclic) bond motifs is 1. The highest BCUT2D eigenvalue weighted by atomic mass is 16.6. The second kappa shape index (κ2) is 6.90. The fourth-order valence-corrected chi connectivity index (χ4v) is 2.84. The largest absolute Gasteiger partial charge is 0.450 e. The quantitative estimate of drug-likeness (QED) is 0.855. The molecule has 0 bridgehead atoms. The van der Waals surface area contributed by atoms with Gasteiger partial charge in [0.05, 0.1) is 18.7 Å². The number of rotatable bonds is 3. The maximum absolute atomic E-state index is 12.5. The monoisotopic (exact) mass is 330 g/mol. The lowest BCUT2D eigenvalue weighted by Crippen LogP contribution is -2.51. The molecular weight excluding hydrogens is 308 g/mol. The predicted octanol–water partition coefficient (Wildman–Crippen LogP) is 1.49. The molecule has 3 heterocycles. The first-order valence-corrected chi connectivity index (χ1v) is 8.20. The Labute approximate surface area is 140 Å². The Balaban J connectivity index is 1.58. The summed E-state index contributed by atoms with van der Waals surface area (Å²) in [7, 11) is 0. The highest BCUT2D eigenvalue weighted by Crippen LogP contribution is 2.11. The van der Waals surface area contributed by atoms with Gasteiger partial charge in [-0.25, -0.2) is 9.78 Å². The Morgan fingerprint density at radius 1 is 1.21 bits per heavy atom. The SMILES string of the molecule is CCOC(=O)N1CCN(C(=O)Cc2cn3ccc(C)cc3n2)CC1. The summed E-state index contributed by atoms with van der Waals surface area (Å²) in [5, 5.41) is 0. The first kappa shape index (κ1) is 16.3. The summed E-state index contributed by atoms with van der Waals surface area (Å²) < 4.78 is 6.91. The van der Waals surface area contributed by atoms with E-state index in [2.05, 4.69) is 4.98 Å². The maximum Gasteiger partial charge on any atom is 0.409 e. The highest BCUT2D eigenvalue weighted by molar-refractivity contribution is 5.79. The van der Waals surface area contributed by atoms with E-state index in [1.165, 1.54) is 0 Å². The van der Waals surface area contributed by atoms with E-state index < -0.39 is 0 Å². The Bertz CT molecular complexity index is 747. The van der Waals surface area contributed by atoms with Gasteiger partial charge in [-0.15, -0.1) is 0 Å². The molecule has 1 aliphatic rings. The highest BCUT2D eigenvalue weighted by Gasteiger charge is 2.25. The van der Waals surface area contributed by atoms with Crippen molar-refractivity contribution >= 4 is 17.6 Å². The van der Waals surface area contributed by atoms with Crippen molar-refractivity contribution in [2.75, 3.05) is 32.8 Å². The molecule has 1 fully saturated rings. The lowest BCUT2D eigenvalue weighted by molar-refractivity contribution is -0.132. The minimum atomic E-state index is -0.305. The number of ether oxygens (including phenoxy) is 1. The fourth-order valence-electron chi connectivity index (χ4n) is 2.84. The van der Waals surface area contributed by atoms with E-state index in [0.29, 0.717) is 32.8 Å². The van der Waals surface area contributed by atoms with Crippen LogP contribution in [0, 0.1) is 6.92 Å². The molecule has 0 radical (unpaired) electrons. The number of aryl methyl sites for hydroxylation is 1. The Morgan fingerprint density at radius 3 is 2.62 bits per heavy atom. The Morgan fingerprint density at radius 2 is 1.92 bits per heavy atom. The van der Waals surface area contributed by atoms with Gasteiger partial charge in [-0.2, -0.15) is 0 Å². The third-order valence-corrected chi connectivity index (χ3v) is 4.16. The van der Waals surface area contributed by atoms with Crippen LogP contribution in [0.15, 0.2) is 24.5 Å². The molecule has 128 valence electrons. The molecule has 3 rings (SSSR count). The van der Waals surface area contributed by atoms with Gasteiger partial charge in [0, 0.05) is 38.6 Å². The molecule has 2 amide bonds. The second-order valence-corrected chi connectivity index (χ2v) is 5.95. The number of amides is 2. The third-order valence-electron chi connectivity index (χ3n) is 4.16. The molecule has 0 saturated carbocycles. The van der Waals surface area contributed by atoms with Crippen molar-refractivity contribution in [1.29, 1.82) is 0 Å². The molecular formula is C17H22N4O3. The molecule has 2 aromatic rings. The lowest BCUT2D eigenvalue weighted by atomic mass is 10.2. The maximum atomic E-state index is 12.5. The van der Waals surface area contributed by atoms with E-state index in [9.17, 15) is 9.59 Å². The van der Waals surface area contributed by atoms with E-state index in [-0.39, 0.29) is 18.4 Å². The molecule has 1 saturated heterocycles. The number of carbonyl (C=O) groups excluding carboxylic acids is 2. The average molecular weight is 330 g/mol. The predicted molar refractivity (Wildman–Crippen MR) is 88.8 cm³/mol. The molecule has 0 aliphatic carbocycles. The van der Waals surface area contributed by atoms with Crippen LogP contribution in [0.25, 0.3) is 5.65 Å². The Hall–Kier alpha value is -2.57. The van der Waals surface area contributed by atoms with Crippen LogP contribution in [0.4, 0.5) is 4.79 Å². The summed E-state index contributed by atoms with van der Waals surface area (Å²) in [6.07, 6.45) is 3.81. The number of pyridine rings is 1. The topological polar surface area (TPSA) is 67.2 Å². The van der Waals surface area contributed by atoms with Gasteiger partial charge in [-0.3, -0.25) is 4.79 Å². The van der Waals surface area contributed by atoms with Gasteiger partial charge in [-0.1, -0.05) is 0 Å². The zero-order valence-corrected chi connectivity index (χ0v) is 14.1. The zero-order chi connectivity index (χ0) is 17.1. The van der Waals surface area contributed by atoms with Gasteiger partial charge in [-0.05, 0) is 31.5 Å². The van der Waals surface area contributed by atoms with E-state index in [4.69, 9.17) is 4.74 Å². The minimum Gasteiger partial charge on any atom is -0.450 e. The van der Waals surface area contributed by atoms with Gasteiger partial charge in [0.2, 0.25) is 5.91 Å². The summed E-state index contributed by atoms with van der Waals surface area (Å²) in [5.74, 6) is 0.0404. The van der Waals surface area contributed by atoms with Crippen LogP contribution >= 0.6 is 0 Å². The van der Waals surface area contributed by atoms with Crippen molar-refractivity contribution in [3.05, 3.63) is 35.8 Å². The summed E-state index contributed by atoms with van der Waals surface area (Å²) >= 11 is 0. The van der Waals surface area contributed by atoms with Crippen LogP contribution in [0.1, 0.15) is 18.2 Å². The summed E-state index contributed by atoms with van der Waals surface area (Å²) in [4.78, 5) is 32.1. The number of hydrogen-bond acceptors (Lipinski definition) is 4. The van der Waals surface area contributed by atoms with Crippen molar-refractivity contribution in [2.45, 2.75) is 20.3 Å². The van der Waals surface area contributed by atoms with Crippen molar-refractivity contribution in [1.82, 2.24) is 19.2 Å². The summed E-state index contributed by atoms with van der Waals surface area (Å²) in [5.41, 5.74) is 2.75. The minimum absolute atomic E-state index is 0.0404. The van der Waals surface area contributed by atoms with Crippen LogP contribution in [0.5, 0.6) is 0 Å². The van der Waals surface area contributed by atoms with Crippen LogP contribution in [0.3, 0.4) is 0 Å². The molecule has 2 aromatic heterocycles. The van der Waals surface area contributed by atoms with Crippen molar-refractivity contribution < 1.29 is 14.3 Å². The number of nitrogens with zero attached hydrogens (tertiary/aromatic N) is 4. The molecule has 0 aromatic carbocycles. The zero-order valence-electron chi connectivity index (χ0n) is 14.1. The van der Waals surface area contributed by atoms with Crippen LogP contribution in [-0.2, 0) is 16.0 Å². The van der Waals surface area contributed by atoms with Gasteiger partial charge in [0.15, 0.2) is 0 Å². The normalized spacial score (nSPS) is 14.9. The number of aromatic nitrogens is 2. The molecule has 0 N–H and O–H groups in total. The molecule has 24 heavy (non-hydrogen) atoms. The molecule has 0 atom stereocenters. The van der Waals surface area contributed by atoms with Gasteiger partial charge >= 0.3 is 6.09 Å². The van der Waals surface area contributed by atoms with Gasteiger partial charge in [0.1, 0.15) is 5.65 Å². The van der Waals surface area contributed by atoms with E-state index >= 15 is 0 Å². The third kappa shape index (κ3) is 3.50. The summed E-state index contributed by atoms with van der Waals surface area (Å²) in [6, 6.07) is 4.00. The second-order valence-electron chi connectivity index (χ2n) is 5.95. The number of hydrogen-bond donors (Lipinski definition) is 0. The van der Waals surface area contributed by atoms with Gasteiger partial charge < -0.3 is 18.9 Å². The number of carbonyl (C=O) groups is 2. The smallest absolute Gasteiger partial charge is 0.409 e. The molecule has 0 unspecified atom stereocenters. The first-order chi connectivity index (χ1) is 11.6. The molecule has 7 heteroatoms. The van der Waals surface area contributed by atoms with Crippen LogP contribution in [-0.4, -0.2) is 64.0 Å². The van der Waals surface area contributed by atoms with Crippen LogP contribution in [0.2, 0.25) is 0 Å². The molecule has 7 nitrogen and oxygen atoms in total. The molecule has 1 aliphatic heterocycles. The Kier molecular flexibility index (Phi) is 4.69. The summed E-state index contributed by atoms with van der Waals surface area (Å²) in [6.45, 7) is 6.25. The molecule has 0 spiro atoms. The van der Waals surface area contributed by atoms with Crippen LogP contribution < -0.4 is 0 Å². The van der Waals surface area contributed by atoms with Gasteiger partial charge in [0.25, 0.3) is 0 Å². The average Bonchev–Trinajstić information content (AvgIpc) is 2.96. The lowest BCUT2D eigenvalue weighted by Gasteiger charge is -2.34. The first-order valence-electron chi connectivity index (χ1n) is 8.20. The number of imidazole rings is 1. The van der Waals surface area contributed by atoms with Crippen molar-refractivity contribution in [3.8, 4) is 0 Å². The number of piperazine rings is 1. The van der Waals surface area contributed by atoms with E-state index in [1.807, 2.05) is 35.9 Å². The standard InChI is InChI=1S/C17H22N4O3/c1-3-24-17(23)20-8-6-19(7-9-20)16(22)11-14-12-21-5-4-13(2)10-15(21)18-14/h4-5,10,12H,3,6-9,11H2,1-2H3. The van der Waals surface area contributed by atoms with E-state index in [0.717, 1.165) is 16.9 Å². The van der Waals surface area contributed by atoms with E-state index in [1.54, 1.807) is 16.7 Å². The van der Waals surface area contributed by atoms with Crippen molar-refractivity contribution in [3.63, 3.8) is 0 Å². The fraction of sp³-hybridized carbons (Fsp3) is 0.471. The van der Waals surface area contributed by atoms with Crippen molar-refractivity contribution in [2.24, 2.45) is 0 Å².